The Morgan fingerprint density at radius 2 is 0.828 bits per heavy atom. The molecule has 12 aromatic carbocycles. The fourth-order valence-electron chi connectivity index (χ4n) is 10.7. The zero-order valence-corrected chi connectivity index (χ0v) is 35.4. The molecule has 0 aliphatic rings. The fourth-order valence-corrected chi connectivity index (χ4v) is 11.9. The van der Waals surface area contributed by atoms with Gasteiger partial charge in [0.1, 0.15) is 11.2 Å². The van der Waals surface area contributed by atoms with E-state index >= 15 is 0 Å². The highest BCUT2D eigenvalue weighted by atomic mass is 32.1. The Hall–Kier alpha value is -8.04. The summed E-state index contributed by atoms with van der Waals surface area (Å²) < 4.78 is 9.34. The van der Waals surface area contributed by atoms with Gasteiger partial charge < -0.3 is 4.42 Å². The summed E-state index contributed by atoms with van der Waals surface area (Å²) in [5.74, 6) is 0. The third-order valence-corrected chi connectivity index (χ3v) is 14.7. The molecule has 0 saturated heterocycles. The third-order valence-electron chi connectivity index (χ3n) is 13.6. The van der Waals surface area contributed by atoms with Gasteiger partial charge in [-0.15, -0.1) is 11.3 Å². The first kappa shape index (κ1) is 35.5. The van der Waals surface area contributed by atoms with Crippen molar-refractivity contribution in [3.05, 3.63) is 218 Å². The SMILES string of the molecule is c1ccc(-c2ccc(-c3ccc4c(-c5ccc6c(c5)sc5cc7ccccc7cc56)c5ccccc5c(-c5cccc6oc7cc8ccccc8cc7c56)c4c3)c3ccccc23)cc1. The van der Waals surface area contributed by atoms with Gasteiger partial charge in [0.25, 0.3) is 0 Å². The van der Waals surface area contributed by atoms with Gasteiger partial charge in [-0.25, -0.2) is 0 Å². The maximum Gasteiger partial charge on any atom is 0.136 e. The summed E-state index contributed by atoms with van der Waals surface area (Å²) in [5, 5.41) is 17.2. The van der Waals surface area contributed by atoms with Gasteiger partial charge in [0.15, 0.2) is 0 Å². The van der Waals surface area contributed by atoms with Crippen LogP contribution < -0.4 is 0 Å². The number of furan rings is 1. The number of hydrogen-bond donors (Lipinski definition) is 0. The second-order valence-corrected chi connectivity index (χ2v) is 18.2. The molecular weight excluding hydrogens is 793 g/mol. The van der Waals surface area contributed by atoms with E-state index in [4.69, 9.17) is 4.42 Å². The van der Waals surface area contributed by atoms with Gasteiger partial charge in [-0.05, 0) is 141 Å². The summed E-state index contributed by atoms with van der Waals surface area (Å²) in [6, 6.07) is 80.7. The molecule has 0 radical (unpaired) electrons. The lowest BCUT2D eigenvalue weighted by Gasteiger charge is -2.20. The first-order valence-corrected chi connectivity index (χ1v) is 22.8. The number of thiophene rings is 1. The molecule has 296 valence electrons. The largest absolute Gasteiger partial charge is 0.456 e. The Morgan fingerprint density at radius 1 is 0.266 bits per heavy atom. The van der Waals surface area contributed by atoms with E-state index in [9.17, 15) is 0 Å². The van der Waals surface area contributed by atoms with Gasteiger partial charge in [-0.1, -0.05) is 176 Å². The second-order valence-electron chi connectivity index (χ2n) is 17.1. The van der Waals surface area contributed by atoms with Crippen molar-refractivity contribution in [3.8, 4) is 44.5 Å². The van der Waals surface area contributed by atoms with E-state index in [0.29, 0.717) is 0 Å². The topological polar surface area (TPSA) is 13.1 Å². The molecule has 0 fully saturated rings. The summed E-state index contributed by atoms with van der Waals surface area (Å²) in [6.45, 7) is 0. The normalized spacial score (nSPS) is 12.1. The van der Waals surface area contributed by atoms with Crippen LogP contribution in [0.1, 0.15) is 0 Å². The highest BCUT2D eigenvalue weighted by Gasteiger charge is 2.22. The van der Waals surface area contributed by atoms with Gasteiger partial charge in [-0.3, -0.25) is 0 Å². The molecule has 1 nitrogen and oxygen atoms in total. The molecule has 0 amide bonds. The van der Waals surface area contributed by atoms with Crippen molar-refractivity contribution in [3.63, 3.8) is 0 Å². The Kier molecular flexibility index (Phi) is 7.63. The minimum atomic E-state index is 0.894. The smallest absolute Gasteiger partial charge is 0.136 e. The summed E-state index contributed by atoms with van der Waals surface area (Å²) in [4.78, 5) is 0. The van der Waals surface area contributed by atoms with E-state index in [1.54, 1.807) is 0 Å². The van der Waals surface area contributed by atoms with Gasteiger partial charge in [0.2, 0.25) is 0 Å². The quantitative estimate of drug-likeness (QED) is 0.161. The predicted octanol–water partition coefficient (Wildman–Crippen LogP) is 18.4. The molecule has 0 aliphatic carbocycles. The number of fused-ring (bicyclic) bond motifs is 11. The van der Waals surface area contributed by atoms with Crippen LogP contribution in [0.3, 0.4) is 0 Å². The van der Waals surface area contributed by atoms with E-state index < -0.39 is 0 Å². The highest BCUT2D eigenvalue weighted by Crippen LogP contribution is 2.50. The molecule has 0 bridgehead atoms. The Morgan fingerprint density at radius 3 is 1.58 bits per heavy atom. The standard InChI is InChI=1S/C62H36OS/c1-2-13-37(14-3-1)44-29-30-45(47-20-9-8-19-46(44)47)42-25-28-51-54(33-42)61(52-23-12-24-56-62(52)55-32-39-16-4-6-17-40(39)34-57(55)63-56)50-22-11-10-21-49(50)60(51)43-26-27-48-53-31-38-15-5-7-18-41(38)35-59(53)64-58(48)36-43/h1-36H. The van der Waals surface area contributed by atoms with Crippen LogP contribution in [0.15, 0.2) is 223 Å². The zero-order chi connectivity index (χ0) is 41.9. The summed E-state index contributed by atoms with van der Waals surface area (Å²) in [5.41, 5.74) is 11.5. The number of benzene rings is 12. The van der Waals surface area contributed by atoms with Crippen LogP contribution in [-0.4, -0.2) is 0 Å². The minimum Gasteiger partial charge on any atom is -0.456 e. The molecule has 0 N–H and O–H groups in total. The van der Waals surface area contributed by atoms with Crippen LogP contribution >= 0.6 is 11.3 Å². The molecule has 14 rings (SSSR count). The molecule has 0 atom stereocenters. The molecule has 0 unspecified atom stereocenters. The molecule has 2 heteroatoms. The van der Waals surface area contributed by atoms with Crippen molar-refractivity contribution in [1.29, 1.82) is 0 Å². The van der Waals surface area contributed by atoms with Crippen molar-refractivity contribution in [2.75, 3.05) is 0 Å². The molecular formula is C62H36OS. The average molecular weight is 829 g/mol. The summed E-state index contributed by atoms with van der Waals surface area (Å²) >= 11 is 1.89. The molecule has 0 spiro atoms. The summed E-state index contributed by atoms with van der Waals surface area (Å²) in [7, 11) is 0. The van der Waals surface area contributed by atoms with Gasteiger partial charge in [0, 0.05) is 30.9 Å². The first-order chi connectivity index (χ1) is 31.7. The minimum absolute atomic E-state index is 0.894. The van der Waals surface area contributed by atoms with Crippen molar-refractivity contribution in [2.45, 2.75) is 0 Å². The molecule has 0 saturated carbocycles. The second kappa shape index (κ2) is 13.7. The maximum atomic E-state index is 6.72. The Bertz CT molecular complexity index is 4250. The van der Waals surface area contributed by atoms with Gasteiger partial charge in [-0.2, -0.15) is 0 Å². The van der Waals surface area contributed by atoms with Crippen molar-refractivity contribution in [1.82, 2.24) is 0 Å². The number of hydrogen-bond acceptors (Lipinski definition) is 2. The maximum absolute atomic E-state index is 6.72. The van der Waals surface area contributed by atoms with Crippen molar-refractivity contribution >= 4 is 107 Å². The molecule has 2 aromatic heterocycles. The summed E-state index contributed by atoms with van der Waals surface area (Å²) in [6.07, 6.45) is 0. The molecule has 2 heterocycles. The van der Waals surface area contributed by atoms with Gasteiger partial charge in [0.05, 0.1) is 0 Å². The lowest BCUT2D eigenvalue weighted by molar-refractivity contribution is 0.669. The van der Waals surface area contributed by atoms with E-state index in [0.717, 1.165) is 21.9 Å². The zero-order valence-electron chi connectivity index (χ0n) is 34.6. The van der Waals surface area contributed by atoms with E-state index in [1.165, 1.54) is 119 Å². The first-order valence-electron chi connectivity index (χ1n) is 22.0. The highest BCUT2D eigenvalue weighted by molar-refractivity contribution is 7.26. The fraction of sp³-hybridized carbons (Fsp3) is 0. The van der Waals surface area contributed by atoms with Crippen LogP contribution in [0.25, 0.3) is 140 Å². The van der Waals surface area contributed by atoms with E-state index in [2.05, 4.69) is 218 Å². The van der Waals surface area contributed by atoms with Crippen LogP contribution in [0.5, 0.6) is 0 Å². The van der Waals surface area contributed by atoms with Crippen LogP contribution in [0.4, 0.5) is 0 Å². The molecule has 0 aliphatic heterocycles. The van der Waals surface area contributed by atoms with Crippen molar-refractivity contribution in [2.24, 2.45) is 0 Å². The van der Waals surface area contributed by atoms with E-state index in [-0.39, 0.29) is 0 Å². The van der Waals surface area contributed by atoms with Crippen LogP contribution in [0.2, 0.25) is 0 Å². The van der Waals surface area contributed by atoms with Crippen molar-refractivity contribution < 1.29 is 4.42 Å². The number of rotatable bonds is 4. The van der Waals surface area contributed by atoms with Crippen LogP contribution in [-0.2, 0) is 0 Å². The van der Waals surface area contributed by atoms with Crippen LogP contribution in [0, 0.1) is 0 Å². The average Bonchev–Trinajstić information content (AvgIpc) is 3.90. The molecule has 14 aromatic rings. The van der Waals surface area contributed by atoms with Gasteiger partial charge >= 0.3 is 0 Å². The monoisotopic (exact) mass is 828 g/mol. The molecule has 64 heavy (non-hydrogen) atoms. The predicted molar refractivity (Wildman–Crippen MR) is 276 cm³/mol. The third kappa shape index (κ3) is 5.30. The Labute approximate surface area is 372 Å². The van der Waals surface area contributed by atoms with E-state index in [1.807, 2.05) is 11.3 Å². The lowest BCUT2D eigenvalue weighted by Crippen LogP contribution is -1.93. The Balaban J connectivity index is 1.08. The lowest BCUT2D eigenvalue weighted by atomic mass is 9.83.